The molecule has 0 bridgehead atoms. The van der Waals surface area contributed by atoms with E-state index < -0.39 is 0 Å². The zero-order chi connectivity index (χ0) is 15.8. The third kappa shape index (κ3) is 4.59. The molecule has 0 saturated carbocycles. The van der Waals surface area contributed by atoms with E-state index in [0.29, 0.717) is 5.92 Å². The Morgan fingerprint density at radius 3 is 2.64 bits per heavy atom. The topological polar surface area (TPSA) is 29.1 Å². The molecule has 1 aromatic carbocycles. The van der Waals surface area contributed by atoms with Gasteiger partial charge in [0.15, 0.2) is 6.29 Å². The van der Waals surface area contributed by atoms with E-state index in [-0.39, 0.29) is 0 Å². The van der Waals surface area contributed by atoms with Crippen molar-refractivity contribution in [2.24, 2.45) is 5.92 Å². The lowest BCUT2D eigenvalue weighted by Gasteiger charge is -2.23. The van der Waals surface area contributed by atoms with Gasteiger partial charge in [0, 0.05) is 6.54 Å². The molecule has 118 valence electrons. The van der Waals surface area contributed by atoms with E-state index in [0.717, 1.165) is 37.8 Å². The molecule has 0 aliphatic carbocycles. The van der Waals surface area contributed by atoms with Gasteiger partial charge in [-0.3, -0.25) is 4.79 Å². The molecule has 0 saturated heterocycles. The molecule has 1 atom stereocenters. The van der Waals surface area contributed by atoms with Crippen LogP contribution in [0, 0.1) is 12.8 Å². The average Bonchev–Trinajstić information content (AvgIpc) is 2.51. The standard InChI is InChI=1S/C20H27NO/c1-3-6-18-7-4-5-14-21-20(15-22)19(18)13-12-17-10-8-16(2)9-11-17/h8-13,15,18,21H,3-7,14H2,1-2H3/b13-12+,20-19?. The largest absolute Gasteiger partial charge is 0.382 e. The summed E-state index contributed by atoms with van der Waals surface area (Å²) in [7, 11) is 0. The van der Waals surface area contributed by atoms with Gasteiger partial charge in [0.05, 0.1) is 5.70 Å². The number of carbonyl (C=O) groups excluding carboxylic acids is 1. The maximum atomic E-state index is 11.5. The number of aryl methyl sites for hydroxylation is 1. The molecule has 22 heavy (non-hydrogen) atoms. The van der Waals surface area contributed by atoms with E-state index in [9.17, 15) is 4.79 Å². The molecule has 0 fully saturated rings. The van der Waals surface area contributed by atoms with Crippen LogP contribution in [0.2, 0.25) is 0 Å². The van der Waals surface area contributed by atoms with Gasteiger partial charge in [0.1, 0.15) is 0 Å². The van der Waals surface area contributed by atoms with Crippen LogP contribution in [0.4, 0.5) is 0 Å². The summed E-state index contributed by atoms with van der Waals surface area (Å²) in [5, 5.41) is 3.32. The lowest BCUT2D eigenvalue weighted by Crippen LogP contribution is -2.23. The lowest BCUT2D eigenvalue weighted by molar-refractivity contribution is -0.105. The highest BCUT2D eigenvalue weighted by molar-refractivity contribution is 5.76. The average molecular weight is 297 g/mol. The van der Waals surface area contributed by atoms with Crippen LogP contribution >= 0.6 is 0 Å². The Balaban J connectivity index is 2.29. The lowest BCUT2D eigenvalue weighted by atomic mass is 9.86. The maximum absolute atomic E-state index is 11.5. The fraction of sp³-hybridized carbons (Fsp3) is 0.450. The number of aldehydes is 1. The molecule has 1 unspecified atom stereocenters. The fourth-order valence-corrected chi connectivity index (χ4v) is 3.06. The summed E-state index contributed by atoms with van der Waals surface area (Å²) in [5.41, 5.74) is 4.40. The Hall–Kier alpha value is -1.83. The molecule has 0 amide bonds. The van der Waals surface area contributed by atoms with Crippen molar-refractivity contribution in [2.45, 2.75) is 46.0 Å². The second-order valence-corrected chi connectivity index (χ2v) is 6.14. The summed E-state index contributed by atoms with van der Waals surface area (Å²) < 4.78 is 0. The number of hydrogen-bond donors (Lipinski definition) is 1. The molecular formula is C20H27NO. The molecule has 1 aliphatic heterocycles. The van der Waals surface area contributed by atoms with Crippen LogP contribution in [0.3, 0.4) is 0 Å². The summed E-state index contributed by atoms with van der Waals surface area (Å²) in [6, 6.07) is 8.49. The quantitative estimate of drug-likeness (QED) is 0.801. The Morgan fingerprint density at radius 2 is 1.95 bits per heavy atom. The fourth-order valence-electron chi connectivity index (χ4n) is 3.06. The van der Waals surface area contributed by atoms with Gasteiger partial charge in [-0.2, -0.15) is 0 Å². The van der Waals surface area contributed by atoms with Crippen LogP contribution in [0.25, 0.3) is 6.08 Å². The predicted octanol–water partition coefficient (Wildman–Crippen LogP) is 4.65. The summed E-state index contributed by atoms with van der Waals surface area (Å²) >= 11 is 0. The predicted molar refractivity (Wildman–Crippen MR) is 93.6 cm³/mol. The van der Waals surface area contributed by atoms with Crippen molar-refractivity contribution >= 4 is 12.4 Å². The molecule has 2 rings (SSSR count). The van der Waals surface area contributed by atoms with Crippen molar-refractivity contribution in [1.82, 2.24) is 5.32 Å². The minimum absolute atomic E-state index is 0.486. The van der Waals surface area contributed by atoms with E-state index in [2.05, 4.69) is 55.6 Å². The summed E-state index contributed by atoms with van der Waals surface area (Å²) in [5.74, 6) is 0.486. The molecule has 0 spiro atoms. The van der Waals surface area contributed by atoms with Gasteiger partial charge in [0.25, 0.3) is 0 Å². The number of hydrogen-bond acceptors (Lipinski definition) is 2. The second-order valence-electron chi connectivity index (χ2n) is 6.14. The van der Waals surface area contributed by atoms with Gasteiger partial charge in [-0.15, -0.1) is 0 Å². The van der Waals surface area contributed by atoms with Crippen LogP contribution in [0.1, 0.15) is 50.2 Å². The first-order valence-electron chi connectivity index (χ1n) is 8.42. The highest BCUT2D eigenvalue weighted by atomic mass is 16.1. The van der Waals surface area contributed by atoms with Crippen LogP contribution in [-0.4, -0.2) is 12.8 Å². The first-order chi connectivity index (χ1) is 10.7. The Kier molecular flexibility index (Phi) is 6.45. The first kappa shape index (κ1) is 16.5. The van der Waals surface area contributed by atoms with Crippen LogP contribution in [0.5, 0.6) is 0 Å². The minimum atomic E-state index is 0.486. The number of allylic oxidation sites excluding steroid dienone is 3. The zero-order valence-electron chi connectivity index (χ0n) is 13.8. The van der Waals surface area contributed by atoms with Crippen molar-refractivity contribution in [3.63, 3.8) is 0 Å². The van der Waals surface area contributed by atoms with E-state index in [1.165, 1.54) is 29.5 Å². The van der Waals surface area contributed by atoms with E-state index in [1.807, 2.05) is 0 Å². The normalized spacial score (nSPS) is 19.6. The minimum Gasteiger partial charge on any atom is -0.382 e. The van der Waals surface area contributed by atoms with Crippen molar-refractivity contribution in [2.75, 3.05) is 6.54 Å². The number of benzene rings is 1. The Bertz CT molecular complexity index is 539. The van der Waals surface area contributed by atoms with E-state index in [4.69, 9.17) is 0 Å². The maximum Gasteiger partial charge on any atom is 0.166 e. The third-order valence-corrected chi connectivity index (χ3v) is 4.33. The Morgan fingerprint density at radius 1 is 1.18 bits per heavy atom. The molecule has 0 radical (unpaired) electrons. The summed E-state index contributed by atoms with van der Waals surface area (Å²) in [4.78, 5) is 11.5. The number of carbonyl (C=O) groups is 1. The second kappa shape index (κ2) is 8.57. The van der Waals surface area contributed by atoms with E-state index in [1.54, 1.807) is 0 Å². The highest BCUT2D eigenvalue weighted by Gasteiger charge is 2.17. The van der Waals surface area contributed by atoms with E-state index >= 15 is 0 Å². The molecule has 1 N–H and O–H groups in total. The van der Waals surface area contributed by atoms with Crippen molar-refractivity contribution in [3.8, 4) is 0 Å². The van der Waals surface area contributed by atoms with Gasteiger partial charge in [-0.05, 0) is 43.2 Å². The number of rotatable bonds is 5. The van der Waals surface area contributed by atoms with Crippen molar-refractivity contribution in [1.29, 1.82) is 0 Å². The Labute approximate surface area is 134 Å². The van der Waals surface area contributed by atoms with Crippen LogP contribution in [-0.2, 0) is 4.79 Å². The van der Waals surface area contributed by atoms with Crippen LogP contribution in [0.15, 0.2) is 41.6 Å². The van der Waals surface area contributed by atoms with Gasteiger partial charge >= 0.3 is 0 Å². The van der Waals surface area contributed by atoms with Crippen molar-refractivity contribution < 1.29 is 4.79 Å². The zero-order valence-corrected chi connectivity index (χ0v) is 13.8. The highest BCUT2D eigenvalue weighted by Crippen LogP contribution is 2.28. The molecular weight excluding hydrogens is 270 g/mol. The first-order valence-corrected chi connectivity index (χ1v) is 8.42. The molecule has 0 aromatic heterocycles. The third-order valence-electron chi connectivity index (χ3n) is 4.33. The van der Waals surface area contributed by atoms with Gasteiger partial charge in [-0.25, -0.2) is 0 Å². The van der Waals surface area contributed by atoms with Gasteiger partial charge < -0.3 is 5.32 Å². The van der Waals surface area contributed by atoms with Crippen molar-refractivity contribution in [3.05, 3.63) is 52.7 Å². The van der Waals surface area contributed by atoms with Crippen LogP contribution < -0.4 is 5.32 Å². The van der Waals surface area contributed by atoms with Gasteiger partial charge in [-0.1, -0.05) is 61.7 Å². The SMILES string of the molecule is CCCC1CCCCNC(C=O)=C1/C=C/c1ccc(C)cc1. The molecule has 2 nitrogen and oxygen atoms in total. The van der Waals surface area contributed by atoms with Gasteiger partial charge in [0.2, 0.25) is 0 Å². The smallest absolute Gasteiger partial charge is 0.166 e. The summed E-state index contributed by atoms with van der Waals surface area (Å²) in [6.07, 6.45) is 11.1. The monoisotopic (exact) mass is 297 g/mol. The molecule has 1 aliphatic rings. The number of nitrogens with one attached hydrogen (secondary N) is 1. The summed E-state index contributed by atoms with van der Waals surface area (Å²) in [6.45, 7) is 5.21. The molecule has 1 heterocycles. The molecule has 1 aromatic rings. The molecule has 2 heteroatoms.